The molecule has 1 atom stereocenters. The lowest BCUT2D eigenvalue weighted by Gasteiger charge is -2.08. The van der Waals surface area contributed by atoms with Crippen LogP contribution >= 0.6 is 0 Å². The van der Waals surface area contributed by atoms with Gasteiger partial charge in [0.25, 0.3) is 0 Å². The lowest BCUT2D eigenvalue weighted by atomic mass is 10.1. The van der Waals surface area contributed by atoms with E-state index in [1.54, 1.807) is 0 Å². The molecule has 86 valence electrons. The Balaban J connectivity index is 1.65. The monoisotopic (exact) mass is 212 g/mol. The molecule has 2 aliphatic rings. The Morgan fingerprint density at radius 1 is 1.40 bits per heavy atom. The van der Waals surface area contributed by atoms with Crippen molar-refractivity contribution in [2.75, 3.05) is 19.8 Å². The second-order valence-corrected chi connectivity index (χ2v) is 4.31. The summed E-state index contributed by atoms with van der Waals surface area (Å²) < 4.78 is 5.31. The molecule has 1 aliphatic carbocycles. The Labute approximate surface area is 90.4 Å². The largest absolute Gasteiger partial charge is 0.381 e. The molecule has 0 aromatic heterocycles. The molecule has 0 aromatic rings. The minimum absolute atomic E-state index is 0.592. The van der Waals surface area contributed by atoms with Crippen LogP contribution in [0.15, 0.2) is 4.99 Å². The first-order chi connectivity index (χ1) is 7.38. The number of aliphatic imine (C=N–C) groups is 1. The first-order valence-corrected chi connectivity index (χ1v) is 5.74. The smallest absolute Gasteiger partial charge is 0.205 e. The number of hydrogen-bond acceptors (Lipinski definition) is 3. The normalized spacial score (nSPS) is 26.7. The van der Waals surface area contributed by atoms with Crippen LogP contribution in [0.2, 0.25) is 0 Å². The fraction of sp³-hybridized carbons (Fsp3) is 0.900. The molecule has 0 radical (unpaired) electrons. The van der Waals surface area contributed by atoms with Gasteiger partial charge in [0, 0.05) is 25.8 Å². The number of guanidine groups is 1. The molecule has 1 aliphatic heterocycles. The van der Waals surface area contributed by atoms with E-state index in [1.807, 2.05) is 0 Å². The Morgan fingerprint density at radius 3 is 2.87 bits per heavy atom. The van der Waals surface area contributed by atoms with E-state index in [0.717, 1.165) is 32.1 Å². The van der Waals surface area contributed by atoms with E-state index in [0.29, 0.717) is 12.0 Å². The maximum atomic E-state index is 5.38. The highest BCUT2D eigenvalue weighted by molar-refractivity contribution is 5.79. The lowest BCUT2D eigenvalue weighted by molar-refractivity contribution is 0.184. The van der Waals surface area contributed by atoms with Crippen LogP contribution in [0, 0.1) is 5.92 Å². The second kappa shape index (κ2) is 5.32. The van der Waals surface area contributed by atoms with Crippen LogP contribution < -0.4 is 16.6 Å². The number of rotatable bonds is 4. The van der Waals surface area contributed by atoms with Crippen molar-refractivity contribution in [3.8, 4) is 0 Å². The van der Waals surface area contributed by atoms with Gasteiger partial charge in [-0.3, -0.25) is 10.4 Å². The Morgan fingerprint density at radius 2 is 2.27 bits per heavy atom. The molecule has 4 N–H and O–H groups in total. The summed E-state index contributed by atoms with van der Waals surface area (Å²) in [5.74, 6) is 6.80. The zero-order valence-electron chi connectivity index (χ0n) is 9.04. The molecule has 5 nitrogen and oxygen atoms in total. The van der Waals surface area contributed by atoms with Crippen molar-refractivity contribution in [3.63, 3.8) is 0 Å². The van der Waals surface area contributed by atoms with Gasteiger partial charge in [0.2, 0.25) is 5.96 Å². The third-order valence-electron chi connectivity index (χ3n) is 2.89. The predicted molar refractivity (Wildman–Crippen MR) is 59.3 cm³/mol. The molecule has 0 amide bonds. The summed E-state index contributed by atoms with van der Waals surface area (Å²) in [5, 5.41) is 3.25. The van der Waals surface area contributed by atoms with Crippen molar-refractivity contribution in [1.29, 1.82) is 0 Å². The number of hydrogen-bond donors (Lipinski definition) is 3. The highest BCUT2D eigenvalue weighted by atomic mass is 16.5. The van der Waals surface area contributed by atoms with E-state index in [-0.39, 0.29) is 0 Å². The van der Waals surface area contributed by atoms with Crippen molar-refractivity contribution in [3.05, 3.63) is 0 Å². The zero-order chi connectivity index (χ0) is 10.5. The molecule has 1 unspecified atom stereocenters. The minimum Gasteiger partial charge on any atom is -0.381 e. The van der Waals surface area contributed by atoms with Crippen molar-refractivity contribution in [2.45, 2.75) is 31.7 Å². The van der Waals surface area contributed by atoms with Gasteiger partial charge >= 0.3 is 0 Å². The summed E-state index contributed by atoms with van der Waals surface area (Å²) in [6.07, 6.45) is 4.74. The third kappa shape index (κ3) is 3.68. The Kier molecular flexibility index (Phi) is 3.80. The Hall–Kier alpha value is -0.810. The molecular weight excluding hydrogens is 192 g/mol. The van der Waals surface area contributed by atoms with Gasteiger partial charge in [0.1, 0.15) is 0 Å². The number of hydrazine groups is 1. The summed E-state index contributed by atoms with van der Waals surface area (Å²) in [6.45, 7) is 2.64. The standard InChI is InChI=1S/C10H20N4O/c11-14-10(13-9-1-2-9)12-5-3-8-4-6-15-7-8/h8-9H,1-7,11H2,(H2,12,13,14). The van der Waals surface area contributed by atoms with Gasteiger partial charge in [-0.2, -0.15) is 0 Å². The molecule has 15 heavy (non-hydrogen) atoms. The van der Waals surface area contributed by atoms with Crippen LogP contribution in [0.25, 0.3) is 0 Å². The van der Waals surface area contributed by atoms with E-state index >= 15 is 0 Å². The second-order valence-electron chi connectivity index (χ2n) is 4.31. The summed E-state index contributed by atoms with van der Waals surface area (Å²) in [5.41, 5.74) is 2.61. The summed E-state index contributed by atoms with van der Waals surface area (Å²) >= 11 is 0. The first kappa shape index (κ1) is 10.7. The molecule has 1 heterocycles. The molecule has 0 aromatic carbocycles. The van der Waals surface area contributed by atoms with Crippen LogP contribution in [0.1, 0.15) is 25.7 Å². The highest BCUT2D eigenvalue weighted by Crippen LogP contribution is 2.18. The summed E-state index contributed by atoms with van der Waals surface area (Å²) in [7, 11) is 0. The van der Waals surface area contributed by atoms with Gasteiger partial charge in [-0.05, 0) is 31.6 Å². The van der Waals surface area contributed by atoms with E-state index in [9.17, 15) is 0 Å². The van der Waals surface area contributed by atoms with Gasteiger partial charge in [-0.25, -0.2) is 5.84 Å². The van der Waals surface area contributed by atoms with Crippen LogP contribution in [0.4, 0.5) is 0 Å². The van der Waals surface area contributed by atoms with Crippen LogP contribution in [0.3, 0.4) is 0 Å². The number of nitrogens with two attached hydrogens (primary N) is 1. The van der Waals surface area contributed by atoms with Crippen molar-refractivity contribution in [1.82, 2.24) is 10.7 Å². The lowest BCUT2D eigenvalue weighted by Crippen LogP contribution is -2.42. The third-order valence-corrected chi connectivity index (χ3v) is 2.89. The molecule has 0 spiro atoms. The van der Waals surface area contributed by atoms with Crippen molar-refractivity contribution < 1.29 is 4.74 Å². The minimum atomic E-state index is 0.592. The molecule has 2 fully saturated rings. The number of ether oxygens (including phenoxy) is 1. The van der Waals surface area contributed by atoms with Crippen molar-refractivity contribution in [2.24, 2.45) is 16.8 Å². The van der Waals surface area contributed by atoms with Crippen LogP contribution in [0.5, 0.6) is 0 Å². The quantitative estimate of drug-likeness (QED) is 0.265. The topological polar surface area (TPSA) is 71.7 Å². The first-order valence-electron chi connectivity index (χ1n) is 5.74. The summed E-state index contributed by atoms with van der Waals surface area (Å²) in [4.78, 5) is 4.40. The van der Waals surface area contributed by atoms with Gasteiger partial charge in [-0.15, -0.1) is 0 Å². The highest BCUT2D eigenvalue weighted by Gasteiger charge is 2.22. The van der Waals surface area contributed by atoms with Gasteiger partial charge in [0.05, 0.1) is 0 Å². The van der Waals surface area contributed by atoms with Crippen LogP contribution in [-0.2, 0) is 4.74 Å². The molecule has 5 heteroatoms. The fourth-order valence-corrected chi connectivity index (χ4v) is 1.72. The maximum absolute atomic E-state index is 5.38. The number of nitrogens with zero attached hydrogens (tertiary/aromatic N) is 1. The van der Waals surface area contributed by atoms with E-state index < -0.39 is 0 Å². The van der Waals surface area contributed by atoms with Crippen molar-refractivity contribution >= 4 is 5.96 Å². The molecule has 1 saturated carbocycles. The van der Waals surface area contributed by atoms with Crippen LogP contribution in [-0.4, -0.2) is 31.8 Å². The van der Waals surface area contributed by atoms with E-state index in [1.165, 1.54) is 19.3 Å². The predicted octanol–water partition coefficient (Wildman–Crippen LogP) is -0.0157. The molecular formula is C10H20N4O. The molecule has 2 rings (SSSR count). The average Bonchev–Trinajstić information content (AvgIpc) is 2.91. The van der Waals surface area contributed by atoms with E-state index in [4.69, 9.17) is 10.6 Å². The Bertz CT molecular complexity index is 221. The zero-order valence-corrected chi connectivity index (χ0v) is 9.04. The van der Waals surface area contributed by atoms with E-state index in [2.05, 4.69) is 15.7 Å². The summed E-state index contributed by atoms with van der Waals surface area (Å²) in [6, 6.07) is 0.592. The molecule has 1 saturated heterocycles. The van der Waals surface area contributed by atoms with Gasteiger partial charge in [0.15, 0.2) is 0 Å². The van der Waals surface area contributed by atoms with Gasteiger partial charge < -0.3 is 10.1 Å². The average molecular weight is 212 g/mol. The number of nitrogens with one attached hydrogen (secondary N) is 2. The molecule has 0 bridgehead atoms. The maximum Gasteiger partial charge on any atom is 0.205 e. The van der Waals surface area contributed by atoms with Gasteiger partial charge in [-0.1, -0.05) is 0 Å². The SMILES string of the molecule is NNC(=NCCC1CCOC1)NC1CC1. The fourth-order valence-electron chi connectivity index (χ4n) is 1.72.